The number of fused-ring (bicyclic) bond motifs is 2. The lowest BCUT2D eigenvalue weighted by Gasteiger charge is -2.08. The minimum absolute atomic E-state index is 0.155. The predicted octanol–water partition coefficient (Wildman–Crippen LogP) is 1.46. The topological polar surface area (TPSA) is 64.8 Å². The quantitative estimate of drug-likeness (QED) is 0.739. The Bertz CT molecular complexity index is 708. The van der Waals surface area contributed by atoms with E-state index in [1.807, 2.05) is 0 Å². The number of Topliss-reactive ketones (excluding diaryl/α,β-unsaturated/α-hetero) is 1. The van der Waals surface area contributed by atoms with Crippen molar-refractivity contribution in [1.82, 2.24) is 14.5 Å². The van der Waals surface area contributed by atoms with Crippen LogP contribution in [0, 0.1) is 0 Å². The largest absolute Gasteiger partial charge is 0.300 e. The number of ketones is 1. The zero-order chi connectivity index (χ0) is 12.7. The van der Waals surface area contributed by atoms with Gasteiger partial charge in [-0.25, -0.2) is 9.97 Å². The average Bonchev–Trinajstić information content (AvgIpc) is 2.52. The Hall–Kier alpha value is -1.56. The maximum absolute atomic E-state index is 12.3. The molecule has 0 radical (unpaired) electrons. The zero-order valence-electron chi connectivity index (χ0n) is 9.52. The van der Waals surface area contributed by atoms with Crippen LogP contribution in [-0.4, -0.2) is 20.3 Å². The van der Waals surface area contributed by atoms with Crippen molar-refractivity contribution in [2.45, 2.75) is 25.8 Å². The molecule has 0 saturated carbocycles. The van der Waals surface area contributed by atoms with Crippen LogP contribution < -0.4 is 5.56 Å². The molecule has 6 heteroatoms. The lowest BCUT2D eigenvalue weighted by atomic mass is 10.2. The highest BCUT2D eigenvalue weighted by Gasteiger charge is 2.17. The summed E-state index contributed by atoms with van der Waals surface area (Å²) in [7, 11) is 0. The summed E-state index contributed by atoms with van der Waals surface area (Å²) < 4.78 is 2.37. The summed E-state index contributed by atoms with van der Waals surface area (Å²) in [5.74, 6) is 0.858. The van der Waals surface area contributed by atoms with Crippen molar-refractivity contribution in [1.29, 1.82) is 0 Å². The Morgan fingerprint density at radius 3 is 2.89 bits per heavy atom. The second-order valence-corrected chi connectivity index (χ2v) is 5.21. The molecule has 0 saturated heterocycles. The standard InChI is InChI=1S/C12H10BrN3O2/c13-7-5-9-11(14-6-7)12(18)16-4-3-8(17)1-2-10(16)15-9/h5-6H,1-4H2. The minimum atomic E-state index is -0.155. The van der Waals surface area contributed by atoms with Crippen LogP contribution in [0.2, 0.25) is 0 Å². The van der Waals surface area contributed by atoms with Crippen LogP contribution in [0.3, 0.4) is 0 Å². The van der Waals surface area contributed by atoms with Gasteiger partial charge in [-0.2, -0.15) is 0 Å². The fourth-order valence-corrected chi connectivity index (χ4v) is 2.48. The van der Waals surface area contributed by atoms with Crippen molar-refractivity contribution in [3.8, 4) is 0 Å². The van der Waals surface area contributed by atoms with Gasteiger partial charge in [0.05, 0.1) is 5.52 Å². The fourth-order valence-electron chi connectivity index (χ4n) is 2.16. The molecule has 0 amide bonds. The number of halogens is 1. The van der Waals surface area contributed by atoms with E-state index in [2.05, 4.69) is 25.9 Å². The van der Waals surface area contributed by atoms with E-state index in [0.717, 1.165) is 4.47 Å². The molecule has 0 aliphatic carbocycles. The number of rotatable bonds is 0. The van der Waals surface area contributed by atoms with Crippen LogP contribution in [0.25, 0.3) is 11.0 Å². The third kappa shape index (κ3) is 1.86. The maximum Gasteiger partial charge on any atom is 0.280 e. The highest BCUT2D eigenvalue weighted by molar-refractivity contribution is 9.10. The average molecular weight is 308 g/mol. The van der Waals surface area contributed by atoms with E-state index in [4.69, 9.17) is 0 Å². The molecule has 0 N–H and O–H groups in total. The molecule has 5 nitrogen and oxygen atoms in total. The van der Waals surface area contributed by atoms with Crippen molar-refractivity contribution in [3.05, 3.63) is 32.9 Å². The number of nitrogens with zero attached hydrogens (tertiary/aromatic N) is 3. The molecule has 0 atom stereocenters. The molecule has 3 heterocycles. The molecular formula is C12H10BrN3O2. The predicted molar refractivity (Wildman–Crippen MR) is 69.4 cm³/mol. The van der Waals surface area contributed by atoms with Gasteiger partial charge in [0, 0.05) is 36.5 Å². The number of aryl methyl sites for hydroxylation is 1. The number of aromatic nitrogens is 3. The van der Waals surface area contributed by atoms with Crippen LogP contribution in [0.15, 0.2) is 21.5 Å². The minimum Gasteiger partial charge on any atom is -0.300 e. The van der Waals surface area contributed by atoms with Crippen molar-refractivity contribution < 1.29 is 4.79 Å². The molecule has 0 fully saturated rings. The number of hydrogen-bond acceptors (Lipinski definition) is 4. The lowest BCUT2D eigenvalue weighted by molar-refractivity contribution is -0.119. The van der Waals surface area contributed by atoms with Crippen LogP contribution >= 0.6 is 15.9 Å². The van der Waals surface area contributed by atoms with Gasteiger partial charge in [0.25, 0.3) is 5.56 Å². The van der Waals surface area contributed by atoms with E-state index in [1.54, 1.807) is 16.8 Å². The highest BCUT2D eigenvalue weighted by atomic mass is 79.9. The Labute approximate surface area is 111 Å². The summed E-state index contributed by atoms with van der Waals surface area (Å²) in [6.45, 7) is 0.410. The summed E-state index contributed by atoms with van der Waals surface area (Å²) in [5, 5.41) is 0. The summed E-state index contributed by atoms with van der Waals surface area (Å²) in [6, 6.07) is 1.78. The van der Waals surface area contributed by atoms with E-state index in [1.165, 1.54) is 0 Å². The van der Waals surface area contributed by atoms with Crippen LogP contribution in [-0.2, 0) is 17.8 Å². The van der Waals surface area contributed by atoms with Gasteiger partial charge in [0.15, 0.2) is 5.52 Å². The first-order chi connectivity index (χ1) is 8.65. The number of pyridine rings is 1. The smallest absolute Gasteiger partial charge is 0.280 e. The second kappa shape index (κ2) is 4.28. The molecule has 92 valence electrons. The monoisotopic (exact) mass is 307 g/mol. The second-order valence-electron chi connectivity index (χ2n) is 4.29. The summed E-state index contributed by atoms with van der Waals surface area (Å²) >= 11 is 3.31. The Morgan fingerprint density at radius 1 is 1.22 bits per heavy atom. The van der Waals surface area contributed by atoms with E-state index < -0.39 is 0 Å². The Balaban J connectivity index is 2.29. The van der Waals surface area contributed by atoms with Gasteiger partial charge in [-0.15, -0.1) is 0 Å². The van der Waals surface area contributed by atoms with E-state index in [9.17, 15) is 9.59 Å². The normalized spacial score (nSPS) is 15.5. The van der Waals surface area contributed by atoms with Crippen molar-refractivity contribution in [2.75, 3.05) is 0 Å². The van der Waals surface area contributed by atoms with Gasteiger partial charge in [-0.05, 0) is 22.0 Å². The van der Waals surface area contributed by atoms with Crippen LogP contribution in [0.5, 0.6) is 0 Å². The number of carbonyl (C=O) groups excluding carboxylic acids is 1. The first kappa shape index (κ1) is 11.5. The molecular weight excluding hydrogens is 298 g/mol. The van der Waals surface area contributed by atoms with E-state index in [0.29, 0.717) is 42.7 Å². The molecule has 1 aliphatic rings. The Kier molecular flexibility index (Phi) is 2.74. The van der Waals surface area contributed by atoms with Gasteiger partial charge < -0.3 is 0 Å². The van der Waals surface area contributed by atoms with Gasteiger partial charge in [-0.3, -0.25) is 14.2 Å². The molecule has 0 aromatic carbocycles. The zero-order valence-corrected chi connectivity index (χ0v) is 11.1. The van der Waals surface area contributed by atoms with Crippen LogP contribution in [0.1, 0.15) is 18.7 Å². The Morgan fingerprint density at radius 2 is 2.06 bits per heavy atom. The summed E-state index contributed by atoms with van der Waals surface area (Å²) in [4.78, 5) is 32.3. The van der Waals surface area contributed by atoms with Gasteiger partial charge in [-0.1, -0.05) is 0 Å². The molecule has 2 aromatic rings. The fraction of sp³-hybridized carbons (Fsp3) is 0.333. The lowest BCUT2D eigenvalue weighted by Crippen LogP contribution is -2.25. The van der Waals surface area contributed by atoms with E-state index >= 15 is 0 Å². The molecule has 0 unspecified atom stereocenters. The third-order valence-corrected chi connectivity index (χ3v) is 3.52. The molecule has 0 bridgehead atoms. The van der Waals surface area contributed by atoms with Gasteiger partial charge >= 0.3 is 0 Å². The van der Waals surface area contributed by atoms with Gasteiger partial charge in [0.1, 0.15) is 11.6 Å². The highest BCUT2D eigenvalue weighted by Crippen LogP contribution is 2.15. The number of carbonyl (C=O) groups is 1. The molecule has 0 spiro atoms. The molecule has 1 aliphatic heterocycles. The first-order valence-electron chi connectivity index (χ1n) is 5.72. The van der Waals surface area contributed by atoms with E-state index in [-0.39, 0.29) is 11.3 Å². The summed E-state index contributed by atoms with van der Waals surface area (Å²) in [5.41, 5.74) is 0.781. The molecule has 3 rings (SSSR count). The number of hydrogen-bond donors (Lipinski definition) is 0. The molecule has 2 aromatic heterocycles. The maximum atomic E-state index is 12.3. The van der Waals surface area contributed by atoms with Crippen LogP contribution in [0.4, 0.5) is 0 Å². The van der Waals surface area contributed by atoms with Crippen molar-refractivity contribution >= 4 is 32.7 Å². The van der Waals surface area contributed by atoms with Gasteiger partial charge in [0.2, 0.25) is 0 Å². The molecule has 18 heavy (non-hydrogen) atoms. The van der Waals surface area contributed by atoms with Crippen molar-refractivity contribution in [3.63, 3.8) is 0 Å². The SMILES string of the molecule is O=C1CCc2nc3cc(Br)cnc3c(=O)n2CC1. The van der Waals surface area contributed by atoms with Crippen molar-refractivity contribution in [2.24, 2.45) is 0 Å². The third-order valence-electron chi connectivity index (χ3n) is 3.08. The summed E-state index contributed by atoms with van der Waals surface area (Å²) in [6.07, 6.45) is 2.97. The first-order valence-corrected chi connectivity index (χ1v) is 6.51.